The number of benzene rings is 10. The van der Waals surface area contributed by atoms with Crippen molar-refractivity contribution in [1.29, 1.82) is 0 Å². The summed E-state index contributed by atoms with van der Waals surface area (Å²) >= 11 is 0. The minimum atomic E-state index is -0.135. The van der Waals surface area contributed by atoms with Crippen molar-refractivity contribution >= 4 is 65.0 Å². The Kier molecular flexibility index (Phi) is 6.46. The molecule has 1 aliphatic carbocycles. The van der Waals surface area contributed by atoms with E-state index in [9.17, 15) is 0 Å². The smallest absolute Gasteiger partial charge is 0.136 e. The maximum absolute atomic E-state index is 6.60. The minimum absolute atomic E-state index is 0.135. The van der Waals surface area contributed by atoms with E-state index < -0.39 is 0 Å². The van der Waals surface area contributed by atoms with Gasteiger partial charge in [-0.3, -0.25) is 0 Å². The molecular formula is C55H36O. The summed E-state index contributed by atoms with van der Waals surface area (Å²) in [7, 11) is 0. The highest BCUT2D eigenvalue weighted by Gasteiger charge is 2.38. The number of hydrogen-bond donors (Lipinski definition) is 0. The third-order valence-corrected chi connectivity index (χ3v) is 12.6. The molecule has 1 heteroatoms. The highest BCUT2D eigenvalue weighted by molar-refractivity contribution is 6.24. The van der Waals surface area contributed by atoms with Crippen molar-refractivity contribution in [2.45, 2.75) is 19.3 Å². The lowest BCUT2D eigenvalue weighted by atomic mass is 9.80. The quantitative estimate of drug-likeness (QED) is 0.166. The average Bonchev–Trinajstić information content (AvgIpc) is 3.74. The van der Waals surface area contributed by atoms with E-state index in [4.69, 9.17) is 4.42 Å². The molecule has 0 N–H and O–H groups in total. The lowest BCUT2D eigenvalue weighted by molar-refractivity contribution is 0.660. The third-order valence-electron chi connectivity index (χ3n) is 12.6. The zero-order valence-electron chi connectivity index (χ0n) is 31.2. The van der Waals surface area contributed by atoms with Crippen LogP contribution in [0.15, 0.2) is 186 Å². The van der Waals surface area contributed by atoms with Crippen LogP contribution in [0.4, 0.5) is 0 Å². The highest BCUT2D eigenvalue weighted by Crippen LogP contribution is 2.55. The molecule has 0 bridgehead atoms. The van der Waals surface area contributed by atoms with Crippen molar-refractivity contribution in [3.8, 4) is 44.5 Å². The Morgan fingerprint density at radius 1 is 0.357 bits per heavy atom. The number of rotatable bonds is 3. The summed E-state index contributed by atoms with van der Waals surface area (Å²) in [5.41, 5.74) is 14.5. The van der Waals surface area contributed by atoms with E-state index in [0.717, 1.165) is 16.6 Å². The molecule has 0 amide bonds. The fraction of sp³-hybridized carbons (Fsp3) is 0.0545. The highest BCUT2D eigenvalue weighted by atomic mass is 16.3. The van der Waals surface area contributed by atoms with E-state index in [1.807, 2.05) is 0 Å². The minimum Gasteiger partial charge on any atom is -0.456 e. The van der Waals surface area contributed by atoms with E-state index in [1.165, 1.54) is 104 Å². The van der Waals surface area contributed by atoms with Gasteiger partial charge >= 0.3 is 0 Å². The van der Waals surface area contributed by atoms with Crippen LogP contribution in [0.1, 0.15) is 25.0 Å². The Hall–Kier alpha value is -6.96. The first kappa shape index (κ1) is 31.4. The van der Waals surface area contributed by atoms with Crippen LogP contribution in [0.5, 0.6) is 0 Å². The second-order valence-corrected chi connectivity index (χ2v) is 16.0. The predicted molar refractivity (Wildman–Crippen MR) is 238 cm³/mol. The van der Waals surface area contributed by atoms with Crippen LogP contribution in [-0.2, 0) is 5.41 Å². The standard InChI is InChI=1S/C55H36O/c1-55(2)47-28-30-49-53(52(47)45-27-25-34-14-4-6-19-39(34)54(45)55)46-32-36(26-29-48(46)56-49)35-16-11-17-37(31-35)50-41-20-7-9-22-43(41)51(44-23-10-8-21-42(44)50)40-24-12-15-33-13-3-5-18-38(33)40/h3-32H,1-2H3. The van der Waals surface area contributed by atoms with Crippen molar-refractivity contribution < 1.29 is 4.42 Å². The van der Waals surface area contributed by atoms with E-state index >= 15 is 0 Å². The summed E-state index contributed by atoms with van der Waals surface area (Å²) in [4.78, 5) is 0. The molecule has 0 saturated heterocycles. The summed E-state index contributed by atoms with van der Waals surface area (Å²) < 4.78 is 6.60. The van der Waals surface area contributed by atoms with E-state index in [-0.39, 0.29) is 5.41 Å². The molecule has 0 atom stereocenters. The van der Waals surface area contributed by atoms with Gasteiger partial charge in [-0.25, -0.2) is 0 Å². The van der Waals surface area contributed by atoms with Gasteiger partial charge < -0.3 is 4.42 Å². The van der Waals surface area contributed by atoms with Gasteiger partial charge in [0, 0.05) is 16.2 Å². The Morgan fingerprint density at radius 3 is 1.68 bits per heavy atom. The summed E-state index contributed by atoms with van der Waals surface area (Å²) in [6.45, 7) is 4.74. The molecule has 11 aromatic rings. The first-order valence-corrected chi connectivity index (χ1v) is 19.6. The third kappa shape index (κ3) is 4.31. The summed E-state index contributed by atoms with van der Waals surface area (Å²) in [5.74, 6) is 0. The number of furan rings is 1. The van der Waals surface area contributed by atoms with Crippen LogP contribution in [0.3, 0.4) is 0 Å². The Bertz CT molecular complexity index is 3390. The maximum Gasteiger partial charge on any atom is 0.136 e. The first-order chi connectivity index (χ1) is 27.5. The van der Waals surface area contributed by atoms with E-state index in [1.54, 1.807) is 0 Å². The van der Waals surface area contributed by atoms with Crippen molar-refractivity contribution in [2.24, 2.45) is 0 Å². The van der Waals surface area contributed by atoms with Crippen LogP contribution in [0.2, 0.25) is 0 Å². The molecule has 0 unspecified atom stereocenters. The van der Waals surface area contributed by atoms with Crippen molar-refractivity contribution in [3.05, 3.63) is 193 Å². The monoisotopic (exact) mass is 712 g/mol. The lowest BCUT2D eigenvalue weighted by Crippen LogP contribution is -2.15. The molecule has 1 nitrogen and oxygen atoms in total. The molecule has 10 aromatic carbocycles. The van der Waals surface area contributed by atoms with E-state index in [2.05, 4.69) is 196 Å². The van der Waals surface area contributed by atoms with Gasteiger partial charge in [-0.15, -0.1) is 0 Å². The Morgan fingerprint density at radius 2 is 0.929 bits per heavy atom. The van der Waals surface area contributed by atoms with Crippen molar-refractivity contribution in [3.63, 3.8) is 0 Å². The molecule has 0 aliphatic heterocycles. The molecule has 262 valence electrons. The Balaban J connectivity index is 1.07. The van der Waals surface area contributed by atoms with Crippen LogP contribution in [-0.4, -0.2) is 0 Å². The molecule has 12 rings (SSSR count). The second kappa shape index (κ2) is 11.5. The van der Waals surface area contributed by atoms with Gasteiger partial charge in [-0.05, 0) is 123 Å². The van der Waals surface area contributed by atoms with Gasteiger partial charge in [0.1, 0.15) is 11.2 Å². The maximum atomic E-state index is 6.60. The van der Waals surface area contributed by atoms with Crippen LogP contribution < -0.4 is 0 Å². The van der Waals surface area contributed by atoms with Crippen LogP contribution >= 0.6 is 0 Å². The largest absolute Gasteiger partial charge is 0.456 e. The molecule has 1 heterocycles. The van der Waals surface area contributed by atoms with Gasteiger partial charge in [-0.2, -0.15) is 0 Å². The summed E-state index contributed by atoms with van der Waals surface area (Å²) in [6.07, 6.45) is 0. The second-order valence-electron chi connectivity index (χ2n) is 16.0. The fourth-order valence-corrected chi connectivity index (χ4v) is 10.2. The first-order valence-electron chi connectivity index (χ1n) is 19.6. The fourth-order valence-electron chi connectivity index (χ4n) is 10.2. The van der Waals surface area contributed by atoms with Gasteiger partial charge in [0.2, 0.25) is 0 Å². The van der Waals surface area contributed by atoms with Crippen molar-refractivity contribution in [1.82, 2.24) is 0 Å². The molecule has 0 saturated carbocycles. The molecule has 0 fully saturated rings. The van der Waals surface area contributed by atoms with Gasteiger partial charge in [0.25, 0.3) is 0 Å². The Labute approximate surface area is 325 Å². The molecular weight excluding hydrogens is 677 g/mol. The lowest BCUT2D eigenvalue weighted by Gasteiger charge is -2.23. The summed E-state index contributed by atoms with van der Waals surface area (Å²) in [5, 5.41) is 12.5. The predicted octanol–water partition coefficient (Wildman–Crippen LogP) is 15.5. The molecule has 0 radical (unpaired) electrons. The zero-order chi connectivity index (χ0) is 37.1. The molecule has 1 aromatic heterocycles. The van der Waals surface area contributed by atoms with Gasteiger partial charge in [-0.1, -0.05) is 172 Å². The normalized spacial score (nSPS) is 13.3. The molecule has 1 aliphatic rings. The van der Waals surface area contributed by atoms with E-state index in [0.29, 0.717) is 0 Å². The van der Waals surface area contributed by atoms with Gasteiger partial charge in [0.15, 0.2) is 0 Å². The number of fused-ring (bicyclic) bond motifs is 12. The summed E-state index contributed by atoms with van der Waals surface area (Å²) in [6, 6.07) is 67.0. The molecule has 0 spiro atoms. The SMILES string of the molecule is CC1(C)c2ccc3oc4ccc(-c5cccc(-c6c7ccccc7c(-c7cccc8ccccc78)c7ccccc67)c5)cc4c3c2-c2ccc3ccccc3c21. The van der Waals surface area contributed by atoms with Gasteiger partial charge in [0.05, 0.1) is 0 Å². The van der Waals surface area contributed by atoms with Crippen LogP contribution in [0, 0.1) is 0 Å². The number of hydrogen-bond acceptors (Lipinski definition) is 1. The van der Waals surface area contributed by atoms with Crippen LogP contribution in [0.25, 0.3) is 110 Å². The zero-order valence-corrected chi connectivity index (χ0v) is 31.2. The average molecular weight is 713 g/mol. The van der Waals surface area contributed by atoms with Crippen molar-refractivity contribution in [2.75, 3.05) is 0 Å². The topological polar surface area (TPSA) is 13.1 Å². The molecule has 56 heavy (non-hydrogen) atoms.